The molecule has 0 aromatic heterocycles. The second-order valence-electron chi connectivity index (χ2n) is 4.91. The quantitative estimate of drug-likeness (QED) is 0.470. The first kappa shape index (κ1) is 13.8. The fourth-order valence-electron chi connectivity index (χ4n) is 1.91. The van der Waals surface area contributed by atoms with Gasteiger partial charge in [0, 0.05) is 19.1 Å². The predicted molar refractivity (Wildman–Crippen MR) is 76.9 cm³/mol. The number of aryl methyl sites for hydroxylation is 1. The molecule has 0 spiro atoms. The number of aliphatic imine (C=N–C) groups is 1. The van der Waals surface area contributed by atoms with E-state index in [0.29, 0.717) is 6.04 Å². The third-order valence-corrected chi connectivity index (χ3v) is 3.04. The molecular weight excluding hydrogens is 241 g/mol. The number of benzene rings is 1. The fourth-order valence-corrected chi connectivity index (χ4v) is 1.91. The molecule has 0 unspecified atom stereocenters. The summed E-state index contributed by atoms with van der Waals surface area (Å²) in [6.45, 7) is 3.71. The number of halogens is 1. The summed E-state index contributed by atoms with van der Waals surface area (Å²) >= 11 is 0. The minimum absolute atomic E-state index is 0.162. The maximum Gasteiger partial charge on any atom is 0.191 e. The maximum absolute atomic E-state index is 13.0. The monoisotopic (exact) mass is 263 g/mol. The standard InChI is InChI=1S/C15H22FN3/c1-2-17-15(19-14-8-9-14)18-10-4-6-12-5-3-7-13(16)11-12/h3,5,7,11,14H,2,4,6,8-10H2,1H3,(H2,17,18,19). The Labute approximate surface area is 114 Å². The zero-order valence-electron chi connectivity index (χ0n) is 11.5. The van der Waals surface area contributed by atoms with Gasteiger partial charge in [-0.1, -0.05) is 12.1 Å². The number of hydrogen-bond donors (Lipinski definition) is 2. The fraction of sp³-hybridized carbons (Fsp3) is 0.533. The van der Waals surface area contributed by atoms with Crippen LogP contribution >= 0.6 is 0 Å². The van der Waals surface area contributed by atoms with Crippen LogP contribution in [0.2, 0.25) is 0 Å². The predicted octanol–water partition coefficient (Wildman–Crippen LogP) is 2.48. The van der Waals surface area contributed by atoms with E-state index in [-0.39, 0.29) is 5.82 Å². The molecule has 0 atom stereocenters. The lowest BCUT2D eigenvalue weighted by atomic mass is 10.1. The second-order valence-corrected chi connectivity index (χ2v) is 4.91. The van der Waals surface area contributed by atoms with Gasteiger partial charge in [-0.15, -0.1) is 0 Å². The third-order valence-electron chi connectivity index (χ3n) is 3.04. The van der Waals surface area contributed by atoms with Crippen LogP contribution in [0.4, 0.5) is 4.39 Å². The summed E-state index contributed by atoms with van der Waals surface area (Å²) in [4.78, 5) is 4.53. The zero-order valence-corrected chi connectivity index (χ0v) is 11.5. The van der Waals surface area contributed by atoms with Crippen molar-refractivity contribution in [3.63, 3.8) is 0 Å². The summed E-state index contributed by atoms with van der Waals surface area (Å²) in [5.74, 6) is 0.744. The molecule has 0 radical (unpaired) electrons. The molecule has 2 rings (SSSR count). The summed E-state index contributed by atoms with van der Waals surface area (Å²) in [5, 5.41) is 6.62. The molecule has 1 aliphatic rings. The van der Waals surface area contributed by atoms with Crippen molar-refractivity contribution in [3.8, 4) is 0 Å². The van der Waals surface area contributed by atoms with E-state index in [1.165, 1.54) is 18.9 Å². The molecule has 1 saturated carbocycles. The molecule has 19 heavy (non-hydrogen) atoms. The van der Waals surface area contributed by atoms with Crippen LogP contribution in [0.15, 0.2) is 29.3 Å². The van der Waals surface area contributed by atoms with Crippen molar-refractivity contribution in [1.82, 2.24) is 10.6 Å². The van der Waals surface area contributed by atoms with Crippen LogP contribution in [0.1, 0.15) is 31.7 Å². The van der Waals surface area contributed by atoms with Gasteiger partial charge in [-0.05, 0) is 50.3 Å². The van der Waals surface area contributed by atoms with Crippen LogP contribution in [-0.4, -0.2) is 25.1 Å². The van der Waals surface area contributed by atoms with Gasteiger partial charge in [-0.3, -0.25) is 4.99 Å². The van der Waals surface area contributed by atoms with Gasteiger partial charge in [-0.25, -0.2) is 4.39 Å². The number of rotatable bonds is 6. The van der Waals surface area contributed by atoms with E-state index in [4.69, 9.17) is 0 Å². The Bertz CT molecular complexity index is 427. The number of nitrogens with one attached hydrogen (secondary N) is 2. The molecule has 3 nitrogen and oxygen atoms in total. The normalized spacial score (nSPS) is 15.4. The molecule has 1 aromatic carbocycles. The lowest BCUT2D eigenvalue weighted by Crippen LogP contribution is -2.38. The Hall–Kier alpha value is -1.58. The van der Waals surface area contributed by atoms with E-state index in [2.05, 4.69) is 22.5 Å². The molecule has 104 valence electrons. The van der Waals surface area contributed by atoms with Crippen molar-refractivity contribution in [2.45, 2.75) is 38.6 Å². The average Bonchev–Trinajstić information content (AvgIpc) is 3.19. The molecule has 0 heterocycles. The van der Waals surface area contributed by atoms with Crippen molar-refractivity contribution in [3.05, 3.63) is 35.6 Å². The van der Waals surface area contributed by atoms with Gasteiger partial charge >= 0.3 is 0 Å². The van der Waals surface area contributed by atoms with Crippen LogP contribution in [0.3, 0.4) is 0 Å². The van der Waals surface area contributed by atoms with Gasteiger partial charge in [0.2, 0.25) is 0 Å². The number of hydrogen-bond acceptors (Lipinski definition) is 1. The Morgan fingerprint density at radius 1 is 1.42 bits per heavy atom. The Balaban J connectivity index is 1.73. The zero-order chi connectivity index (χ0) is 13.5. The van der Waals surface area contributed by atoms with Crippen LogP contribution in [0, 0.1) is 5.82 Å². The third kappa shape index (κ3) is 5.28. The highest BCUT2D eigenvalue weighted by Gasteiger charge is 2.21. The molecule has 1 aromatic rings. The van der Waals surface area contributed by atoms with Gasteiger partial charge in [-0.2, -0.15) is 0 Å². The van der Waals surface area contributed by atoms with Gasteiger partial charge in [0.15, 0.2) is 5.96 Å². The highest BCUT2D eigenvalue weighted by atomic mass is 19.1. The molecule has 0 saturated heterocycles. The van der Waals surface area contributed by atoms with E-state index in [0.717, 1.165) is 37.5 Å². The average molecular weight is 263 g/mol. The van der Waals surface area contributed by atoms with Crippen molar-refractivity contribution >= 4 is 5.96 Å². The van der Waals surface area contributed by atoms with Crippen LogP contribution in [-0.2, 0) is 6.42 Å². The van der Waals surface area contributed by atoms with Crippen molar-refractivity contribution < 1.29 is 4.39 Å². The molecule has 1 fully saturated rings. The summed E-state index contributed by atoms with van der Waals surface area (Å²) < 4.78 is 13.0. The minimum Gasteiger partial charge on any atom is -0.357 e. The van der Waals surface area contributed by atoms with E-state index < -0.39 is 0 Å². The molecule has 2 N–H and O–H groups in total. The Kier molecular flexibility index (Phi) is 5.19. The molecule has 1 aliphatic carbocycles. The Morgan fingerprint density at radius 3 is 2.95 bits per heavy atom. The molecule has 0 amide bonds. The van der Waals surface area contributed by atoms with E-state index in [1.54, 1.807) is 12.1 Å². The van der Waals surface area contributed by atoms with Crippen molar-refractivity contribution in [1.29, 1.82) is 0 Å². The summed E-state index contributed by atoms with van der Waals surface area (Å²) in [6.07, 6.45) is 4.29. The maximum atomic E-state index is 13.0. The smallest absolute Gasteiger partial charge is 0.191 e. The summed E-state index contributed by atoms with van der Waals surface area (Å²) in [6, 6.07) is 7.40. The van der Waals surface area contributed by atoms with Gasteiger partial charge in [0.25, 0.3) is 0 Å². The minimum atomic E-state index is -0.162. The Morgan fingerprint density at radius 2 is 2.26 bits per heavy atom. The summed E-state index contributed by atoms with van der Waals surface area (Å²) in [7, 11) is 0. The largest absolute Gasteiger partial charge is 0.357 e. The first-order valence-corrected chi connectivity index (χ1v) is 7.07. The molecular formula is C15H22FN3. The van der Waals surface area contributed by atoms with Crippen molar-refractivity contribution in [2.24, 2.45) is 4.99 Å². The van der Waals surface area contributed by atoms with Crippen LogP contribution < -0.4 is 10.6 Å². The number of guanidine groups is 1. The van der Waals surface area contributed by atoms with Gasteiger partial charge in [0.05, 0.1) is 0 Å². The van der Waals surface area contributed by atoms with Crippen LogP contribution in [0.25, 0.3) is 0 Å². The SMILES string of the molecule is CCNC(=NCCCc1cccc(F)c1)NC1CC1. The van der Waals surface area contributed by atoms with E-state index in [1.807, 2.05) is 6.07 Å². The van der Waals surface area contributed by atoms with E-state index in [9.17, 15) is 4.39 Å². The van der Waals surface area contributed by atoms with Gasteiger partial charge in [0.1, 0.15) is 5.82 Å². The first-order valence-electron chi connectivity index (χ1n) is 7.07. The highest BCUT2D eigenvalue weighted by molar-refractivity contribution is 5.80. The lowest BCUT2D eigenvalue weighted by Gasteiger charge is -2.10. The molecule has 0 aliphatic heterocycles. The van der Waals surface area contributed by atoms with E-state index >= 15 is 0 Å². The lowest BCUT2D eigenvalue weighted by molar-refractivity contribution is 0.624. The summed E-state index contributed by atoms with van der Waals surface area (Å²) in [5.41, 5.74) is 1.04. The van der Waals surface area contributed by atoms with Crippen LogP contribution in [0.5, 0.6) is 0 Å². The number of nitrogens with zero attached hydrogens (tertiary/aromatic N) is 1. The molecule has 4 heteroatoms. The molecule has 0 bridgehead atoms. The topological polar surface area (TPSA) is 36.4 Å². The van der Waals surface area contributed by atoms with Gasteiger partial charge < -0.3 is 10.6 Å². The second kappa shape index (κ2) is 7.12. The van der Waals surface area contributed by atoms with Crippen molar-refractivity contribution in [2.75, 3.05) is 13.1 Å². The first-order chi connectivity index (χ1) is 9.28. The highest BCUT2D eigenvalue weighted by Crippen LogP contribution is 2.18.